The van der Waals surface area contributed by atoms with E-state index in [0.29, 0.717) is 5.39 Å². The molecule has 0 nitrogen and oxygen atoms in total. The molecule has 0 fully saturated rings. The second-order valence-corrected chi connectivity index (χ2v) is 5.91. The molecule has 0 bridgehead atoms. The molecule has 0 spiro atoms. The molecule has 1 atom stereocenters. The maximum Gasteiger partial charge on any atom is 0.323 e. The van der Waals surface area contributed by atoms with E-state index in [1.54, 1.807) is 18.2 Å². The van der Waals surface area contributed by atoms with Gasteiger partial charge < -0.3 is 0 Å². The molecule has 0 amide bonds. The Bertz CT molecular complexity index is 656. The first-order chi connectivity index (χ1) is 9.43. The normalized spacial score (nSPS) is 16.1. The van der Waals surface area contributed by atoms with E-state index in [0.717, 1.165) is 29.4 Å². The third-order valence-corrected chi connectivity index (χ3v) is 4.92. The number of halogens is 5. The lowest BCUT2D eigenvalue weighted by atomic mass is 9.96. The number of benzene rings is 2. The predicted octanol–water partition coefficient (Wildman–Crippen LogP) is 5.27. The molecule has 2 aromatic carbocycles. The third-order valence-electron chi connectivity index (χ3n) is 3.81. The van der Waals surface area contributed by atoms with E-state index in [4.69, 9.17) is 0 Å². The van der Waals surface area contributed by atoms with Crippen LogP contribution in [0.2, 0.25) is 0 Å². The summed E-state index contributed by atoms with van der Waals surface area (Å²) in [6.07, 6.45) is -1.96. The lowest BCUT2D eigenvalue weighted by molar-refractivity contribution is -0.127. The van der Waals surface area contributed by atoms with Crippen molar-refractivity contribution in [2.24, 2.45) is 0 Å². The summed E-state index contributed by atoms with van der Waals surface area (Å²) in [5, 5.41) is 1.58. The summed E-state index contributed by atoms with van der Waals surface area (Å²) in [6, 6.07) is 8.76. The number of aryl methyl sites for hydroxylation is 2. The molecule has 1 aliphatic carbocycles. The standard InChI is InChI=1S/C15H11BrF4/c16-13(15(19,20)14(17)18)11-7-6-9-5-4-8-2-1-3-10(11)12(8)9/h1-3,6-7,13-14H,4-5H2. The maximum absolute atomic E-state index is 13.6. The Balaban J connectivity index is 2.19. The van der Waals surface area contributed by atoms with Crippen LogP contribution in [0.1, 0.15) is 21.5 Å². The minimum atomic E-state index is -4.10. The lowest BCUT2D eigenvalue weighted by Crippen LogP contribution is -2.31. The quantitative estimate of drug-likeness (QED) is 0.524. The Hall–Kier alpha value is -1.10. The van der Waals surface area contributed by atoms with Gasteiger partial charge in [-0.1, -0.05) is 46.3 Å². The van der Waals surface area contributed by atoms with Crippen molar-refractivity contribution in [1.29, 1.82) is 0 Å². The molecule has 0 aliphatic heterocycles. The van der Waals surface area contributed by atoms with Crippen LogP contribution < -0.4 is 0 Å². The largest absolute Gasteiger partial charge is 0.323 e. The monoisotopic (exact) mass is 346 g/mol. The molecule has 5 heteroatoms. The molecule has 0 saturated heterocycles. The zero-order chi connectivity index (χ0) is 14.5. The summed E-state index contributed by atoms with van der Waals surface area (Å²) in [4.78, 5) is -1.69. The van der Waals surface area contributed by atoms with Crippen molar-refractivity contribution in [3.8, 4) is 0 Å². The summed E-state index contributed by atoms with van der Waals surface area (Å²) in [5.74, 6) is -4.10. The average molecular weight is 347 g/mol. The van der Waals surface area contributed by atoms with Gasteiger partial charge in [-0.25, -0.2) is 8.78 Å². The van der Waals surface area contributed by atoms with E-state index < -0.39 is 17.2 Å². The van der Waals surface area contributed by atoms with Gasteiger partial charge in [0.2, 0.25) is 0 Å². The molecule has 0 radical (unpaired) electrons. The highest BCUT2D eigenvalue weighted by Crippen LogP contribution is 2.46. The fourth-order valence-corrected chi connectivity index (χ4v) is 3.41. The van der Waals surface area contributed by atoms with Gasteiger partial charge in [-0.05, 0) is 40.3 Å². The van der Waals surface area contributed by atoms with Crippen molar-refractivity contribution in [3.63, 3.8) is 0 Å². The van der Waals surface area contributed by atoms with Crippen molar-refractivity contribution in [1.82, 2.24) is 0 Å². The maximum atomic E-state index is 13.6. The fourth-order valence-electron chi connectivity index (χ4n) is 2.81. The van der Waals surface area contributed by atoms with E-state index in [2.05, 4.69) is 15.9 Å². The van der Waals surface area contributed by atoms with Crippen LogP contribution in [0.25, 0.3) is 10.8 Å². The Kier molecular flexibility index (Phi) is 3.27. The minimum absolute atomic E-state index is 0.220. The summed E-state index contributed by atoms with van der Waals surface area (Å²) in [7, 11) is 0. The Morgan fingerprint density at radius 3 is 2.30 bits per heavy atom. The predicted molar refractivity (Wildman–Crippen MR) is 74.0 cm³/mol. The van der Waals surface area contributed by atoms with Crippen LogP contribution in [0.4, 0.5) is 17.6 Å². The Morgan fingerprint density at radius 2 is 1.65 bits per heavy atom. The summed E-state index contributed by atoms with van der Waals surface area (Å²) in [6.45, 7) is 0. The van der Waals surface area contributed by atoms with E-state index in [-0.39, 0.29) is 5.56 Å². The van der Waals surface area contributed by atoms with Crippen LogP contribution in [0.5, 0.6) is 0 Å². The average Bonchev–Trinajstić information content (AvgIpc) is 2.84. The van der Waals surface area contributed by atoms with Gasteiger partial charge in [-0.2, -0.15) is 8.78 Å². The van der Waals surface area contributed by atoms with Gasteiger partial charge in [0.05, 0.1) is 0 Å². The Morgan fingerprint density at radius 1 is 1.00 bits per heavy atom. The fraction of sp³-hybridized carbons (Fsp3) is 0.333. The summed E-state index contributed by atoms with van der Waals surface area (Å²) < 4.78 is 52.2. The molecule has 0 saturated carbocycles. The molecule has 20 heavy (non-hydrogen) atoms. The van der Waals surface area contributed by atoms with Crippen LogP contribution in [0.3, 0.4) is 0 Å². The summed E-state index contributed by atoms with van der Waals surface area (Å²) >= 11 is 2.77. The second kappa shape index (κ2) is 4.72. The first-order valence-electron chi connectivity index (χ1n) is 6.26. The van der Waals surface area contributed by atoms with Crippen LogP contribution in [-0.2, 0) is 12.8 Å². The van der Waals surface area contributed by atoms with Gasteiger partial charge >= 0.3 is 12.3 Å². The van der Waals surface area contributed by atoms with Gasteiger partial charge in [0.15, 0.2) is 0 Å². The molecule has 106 valence electrons. The lowest BCUT2D eigenvalue weighted by Gasteiger charge is -2.23. The van der Waals surface area contributed by atoms with Crippen molar-refractivity contribution in [3.05, 3.63) is 47.0 Å². The van der Waals surface area contributed by atoms with Gasteiger partial charge in [-0.15, -0.1) is 0 Å². The zero-order valence-corrected chi connectivity index (χ0v) is 11.9. The van der Waals surface area contributed by atoms with E-state index in [1.807, 2.05) is 6.07 Å². The molecule has 0 heterocycles. The molecule has 1 aliphatic rings. The van der Waals surface area contributed by atoms with E-state index in [1.165, 1.54) is 6.07 Å². The highest BCUT2D eigenvalue weighted by atomic mass is 79.9. The molecule has 0 N–H and O–H groups in total. The van der Waals surface area contributed by atoms with Crippen molar-refractivity contribution >= 4 is 26.7 Å². The van der Waals surface area contributed by atoms with Gasteiger partial charge in [0.1, 0.15) is 4.83 Å². The molecule has 3 rings (SSSR count). The number of rotatable bonds is 3. The highest BCUT2D eigenvalue weighted by Gasteiger charge is 2.48. The zero-order valence-electron chi connectivity index (χ0n) is 10.3. The molecular weight excluding hydrogens is 336 g/mol. The minimum Gasteiger partial charge on any atom is -0.204 e. The van der Waals surface area contributed by atoms with Crippen LogP contribution >= 0.6 is 15.9 Å². The second-order valence-electron chi connectivity index (χ2n) is 4.99. The highest BCUT2D eigenvalue weighted by molar-refractivity contribution is 9.09. The van der Waals surface area contributed by atoms with Gasteiger partial charge in [0, 0.05) is 0 Å². The van der Waals surface area contributed by atoms with Crippen LogP contribution in [0.15, 0.2) is 30.3 Å². The van der Waals surface area contributed by atoms with Crippen LogP contribution in [0, 0.1) is 0 Å². The van der Waals surface area contributed by atoms with Crippen molar-refractivity contribution in [2.75, 3.05) is 0 Å². The molecule has 0 aromatic heterocycles. The van der Waals surface area contributed by atoms with E-state index >= 15 is 0 Å². The van der Waals surface area contributed by atoms with Gasteiger partial charge in [0.25, 0.3) is 0 Å². The number of hydrogen-bond donors (Lipinski definition) is 0. The first kappa shape index (κ1) is 13.9. The van der Waals surface area contributed by atoms with E-state index in [9.17, 15) is 17.6 Å². The SMILES string of the molecule is FC(F)C(F)(F)C(Br)c1ccc2c3c(cccc13)CC2. The summed E-state index contributed by atoms with van der Waals surface area (Å²) in [5.41, 5.74) is 2.41. The van der Waals surface area contributed by atoms with Gasteiger partial charge in [-0.3, -0.25) is 0 Å². The van der Waals surface area contributed by atoms with Crippen molar-refractivity contribution in [2.45, 2.75) is 30.0 Å². The topological polar surface area (TPSA) is 0 Å². The first-order valence-corrected chi connectivity index (χ1v) is 7.18. The number of hydrogen-bond acceptors (Lipinski definition) is 0. The van der Waals surface area contributed by atoms with Crippen LogP contribution in [-0.4, -0.2) is 12.3 Å². The molecular formula is C15H11BrF4. The Labute approximate surface area is 121 Å². The third kappa shape index (κ3) is 1.94. The number of alkyl halides is 5. The van der Waals surface area contributed by atoms with Crippen molar-refractivity contribution < 1.29 is 17.6 Å². The molecule has 2 aromatic rings. The smallest absolute Gasteiger partial charge is 0.204 e. The molecule has 1 unspecified atom stereocenters.